The molecule has 0 bridgehead atoms. The van der Waals surface area contributed by atoms with Crippen molar-refractivity contribution in [3.05, 3.63) is 75.7 Å². The lowest BCUT2D eigenvalue weighted by molar-refractivity contribution is 0.191. The first-order valence-corrected chi connectivity index (χ1v) is 9.89. The van der Waals surface area contributed by atoms with E-state index in [2.05, 4.69) is 15.6 Å². The van der Waals surface area contributed by atoms with Crippen molar-refractivity contribution in [1.29, 1.82) is 0 Å². The van der Waals surface area contributed by atoms with Gasteiger partial charge < -0.3 is 29.6 Å². The Hall–Kier alpha value is -3.69. The largest absolute Gasteiger partial charge is 0.494 e. The first kappa shape index (κ1) is 23.0. The molecule has 0 saturated heterocycles. The number of aromatic amines is 1. The predicted octanol–water partition coefficient (Wildman–Crippen LogP) is 3.80. The van der Waals surface area contributed by atoms with Gasteiger partial charge in [-0.1, -0.05) is 29.8 Å². The molecule has 1 amide bonds. The maximum atomic E-state index is 12.5. The number of methoxy groups -OCH3 is 2. The van der Waals surface area contributed by atoms with Gasteiger partial charge in [0.2, 0.25) is 5.75 Å². The van der Waals surface area contributed by atoms with Crippen molar-refractivity contribution in [1.82, 2.24) is 4.98 Å². The van der Waals surface area contributed by atoms with Crippen LogP contribution in [0.5, 0.6) is 17.2 Å². The zero-order chi connectivity index (χ0) is 23.1. The Balaban J connectivity index is 1.75. The Morgan fingerprint density at radius 2 is 1.81 bits per heavy atom. The van der Waals surface area contributed by atoms with Crippen LogP contribution in [0.4, 0.5) is 16.2 Å². The van der Waals surface area contributed by atoms with Gasteiger partial charge in [0.1, 0.15) is 17.2 Å². The summed E-state index contributed by atoms with van der Waals surface area (Å²) in [4.78, 5) is 27.3. The number of hydrogen-bond acceptors (Lipinski definition) is 7. The van der Waals surface area contributed by atoms with Crippen molar-refractivity contribution in [2.45, 2.75) is 6.10 Å². The molecule has 1 aromatic heterocycles. The summed E-state index contributed by atoms with van der Waals surface area (Å²) in [7, 11) is 2.89. The van der Waals surface area contributed by atoms with Gasteiger partial charge in [0.05, 0.1) is 26.0 Å². The number of carbonyl (C=O) groups is 1. The van der Waals surface area contributed by atoms with E-state index in [1.54, 1.807) is 42.5 Å². The van der Waals surface area contributed by atoms with Crippen LogP contribution in [0.1, 0.15) is 11.7 Å². The molecule has 0 aliphatic carbocycles. The summed E-state index contributed by atoms with van der Waals surface area (Å²) in [5, 5.41) is 16.3. The first-order valence-electron chi connectivity index (χ1n) is 9.51. The van der Waals surface area contributed by atoms with E-state index < -0.39 is 17.8 Å². The van der Waals surface area contributed by atoms with E-state index in [0.717, 1.165) is 0 Å². The van der Waals surface area contributed by atoms with Crippen LogP contribution < -0.4 is 30.4 Å². The van der Waals surface area contributed by atoms with Crippen LogP contribution in [0, 0.1) is 0 Å². The highest BCUT2D eigenvalue weighted by Gasteiger charge is 2.18. The molecular formula is C22H22ClN3O6. The molecule has 168 valence electrons. The van der Waals surface area contributed by atoms with Crippen molar-refractivity contribution in [3.8, 4) is 17.2 Å². The highest BCUT2D eigenvalue weighted by molar-refractivity contribution is 6.30. The molecule has 0 saturated carbocycles. The number of ether oxygens (including phenoxy) is 3. The molecule has 2 aromatic carbocycles. The van der Waals surface area contributed by atoms with Crippen molar-refractivity contribution >= 4 is 29.1 Å². The van der Waals surface area contributed by atoms with E-state index in [-0.39, 0.29) is 23.7 Å². The van der Waals surface area contributed by atoms with E-state index in [1.807, 2.05) is 0 Å². The number of para-hydroxylation sites is 1. The molecule has 0 aliphatic heterocycles. The Morgan fingerprint density at radius 3 is 2.47 bits per heavy atom. The molecule has 4 N–H and O–H groups in total. The molecule has 0 spiro atoms. The predicted molar refractivity (Wildman–Crippen MR) is 121 cm³/mol. The van der Waals surface area contributed by atoms with Gasteiger partial charge in [-0.25, -0.2) is 4.79 Å². The van der Waals surface area contributed by atoms with Crippen molar-refractivity contribution in [2.24, 2.45) is 0 Å². The number of rotatable bonds is 8. The lowest BCUT2D eigenvalue weighted by Gasteiger charge is -2.16. The molecule has 1 heterocycles. The molecule has 9 nitrogen and oxygen atoms in total. The average molecular weight is 460 g/mol. The smallest absolute Gasteiger partial charge is 0.417 e. The Labute approximate surface area is 188 Å². The first-order chi connectivity index (χ1) is 15.4. The Kier molecular flexibility index (Phi) is 7.58. The Bertz CT molecular complexity index is 1130. The van der Waals surface area contributed by atoms with E-state index in [4.69, 9.17) is 25.8 Å². The van der Waals surface area contributed by atoms with Gasteiger partial charge in [-0.3, -0.25) is 10.1 Å². The molecule has 3 rings (SSSR count). The number of aliphatic hydroxyl groups excluding tert-OH is 1. The molecule has 0 unspecified atom stereocenters. The SMILES string of the molecule is COc1cccc(OC)c1NC(=O)Oc1c(NC[C@@H](O)c2cccc(Cl)c2)cc[nH]c1=O. The normalized spacial score (nSPS) is 11.4. The van der Waals surface area contributed by atoms with Gasteiger partial charge in [0, 0.05) is 17.8 Å². The number of aliphatic hydroxyl groups is 1. The molecule has 32 heavy (non-hydrogen) atoms. The molecule has 0 fully saturated rings. The molecule has 3 aromatic rings. The van der Waals surface area contributed by atoms with Crippen LogP contribution in [-0.2, 0) is 0 Å². The molecule has 0 aliphatic rings. The lowest BCUT2D eigenvalue weighted by Crippen LogP contribution is -2.24. The minimum absolute atomic E-state index is 0.0438. The highest BCUT2D eigenvalue weighted by Crippen LogP contribution is 2.34. The molecular weight excluding hydrogens is 438 g/mol. The van der Waals surface area contributed by atoms with Gasteiger partial charge in [0.15, 0.2) is 0 Å². The summed E-state index contributed by atoms with van der Waals surface area (Å²) in [6.07, 6.45) is -0.444. The summed E-state index contributed by atoms with van der Waals surface area (Å²) in [5.41, 5.74) is 0.436. The number of halogens is 1. The average Bonchev–Trinajstić information content (AvgIpc) is 2.79. The van der Waals surface area contributed by atoms with Crippen LogP contribution in [0.15, 0.2) is 59.5 Å². The summed E-state index contributed by atoms with van der Waals surface area (Å²) in [5.74, 6) is 0.440. The number of benzene rings is 2. The van der Waals surface area contributed by atoms with Crippen molar-refractivity contribution in [2.75, 3.05) is 31.4 Å². The third-order valence-electron chi connectivity index (χ3n) is 4.48. The highest BCUT2D eigenvalue weighted by atomic mass is 35.5. The number of hydrogen-bond donors (Lipinski definition) is 4. The minimum atomic E-state index is -0.928. The quantitative estimate of drug-likeness (QED) is 0.404. The lowest BCUT2D eigenvalue weighted by atomic mass is 10.1. The van der Waals surface area contributed by atoms with Gasteiger partial charge in [-0.05, 0) is 35.9 Å². The molecule has 1 atom stereocenters. The maximum Gasteiger partial charge on any atom is 0.417 e. The second kappa shape index (κ2) is 10.6. The van der Waals surface area contributed by atoms with Crippen molar-refractivity contribution < 1.29 is 24.1 Å². The fourth-order valence-electron chi connectivity index (χ4n) is 2.94. The van der Waals surface area contributed by atoms with Gasteiger partial charge in [0.25, 0.3) is 5.56 Å². The standard InChI is InChI=1S/C22H22ClN3O6/c1-30-17-7-4-8-18(31-2)19(17)26-22(29)32-20-15(9-10-24-21(20)28)25-12-16(27)13-5-3-6-14(23)11-13/h3-11,16,27H,12H2,1-2H3,(H,26,29)(H2,24,25,28)/t16-/m1/s1. The van der Waals surface area contributed by atoms with E-state index >= 15 is 0 Å². The van der Waals surface area contributed by atoms with Crippen LogP contribution in [0.25, 0.3) is 0 Å². The Morgan fingerprint density at radius 1 is 1.12 bits per heavy atom. The number of nitrogens with one attached hydrogen (secondary N) is 3. The second-order valence-corrected chi connectivity index (χ2v) is 6.99. The van der Waals surface area contributed by atoms with E-state index in [0.29, 0.717) is 22.1 Å². The molecule has 10 heteroatoms. The fraction of sp³-hybridized carbons (Fsp3) is 0.182. The summed E-state index contributed by atoms with van der Waals surface area (Å²) >= 11 is 5.96. The molecule has 0 radical (unpaired) electrons. The topological polar surface area (TPSA) is 122 Å². The zero-order valence-corrected chi connectivity index (χ0v) is 18.1. The minimum Gasteiger partial charge on any atom is -0.494 e. The van der Waals surface area contributed by atoms with Gasteiger partial charge >= 0.3 is 6.09 Å². The van der Waals surface area contributed by atoms with Crippen LogP contribution in [0.2, 0.25) is 5.02 Å². The van der Waals surface area contributed by atoms with Crippen LogP contribution >= 0.6 is 11.6 Å². The van der Waals surface area contributed by atoms with E-state index in [1.165, 1.54) is 26.5 Å². The van der Waals surface area contributed by atoms with Gasteiger partial charge in [-0.2, -0.15) is 0 Å². The summed E-state index contributed by atoms with van der Waals surface area (Å²) < 4.78 is 15.7. The van der Waals surface area contributed by atoms with Crippen LogP contribution in [0.3, 0.4) is 0 Å². The number of amides is 1. The number of anilines is 2. The summed E-state index contributed by atoms with van der Waals surface area (Å²) in [6, 6.07) is 13.3. The number of aromatic nitrogens is 1. The maximum absolute atomic E-state index is 12.5. The number of H-pyrrole nitrogens is 1. The fourth-order valence-corrected chi connectivity index (χ4v) is 3.14. The van der Waals surface area contributed by atoms with E-state index in [9.17, 15) is 14.7 Å². The monoisotopic (exact) mass is 459 g/mol. The second-order valence-electron chi connectivity index (χ2n) is 6.55. The third kappa shape index (κ3) is 5.51. The zero-order valence-electron chi connectivity index (χ0n) is 17.3. The number of carbonyl (C=O) groups excluding carboxylic acids is 1. The third-order valence-corrected chi connectivity index (χ3v) is 4.72. The number of pyridine rings is 1. The summed E-state index contributed by atoms with van der Waals surface area (Å²) in [6.45, 7) is 0.0438. The van der Waals surface area contributed by atoms with Crippen LogP contribution in [-0.4, -0.2) is 36.9 Å². The van der Waals surface area contributed by atoms with Crippen molar-refractivity contribution in [3.63, 3.8) is 0 Å². The van der Waals surface area contributed by atoms with Gasteiger partial charge in [-0.15, -0.1) is 0 Å².